The predicted molar refractivity (Wildman–Crippen MR) is 131 cm³/mol. The first-order chi connectivity index (χ1) is 16.5. The number of hydrogen-bond acceptors (Lipinski definition) is 5. The largest absolute Gasteiger partial charge is 0.314 e. The summed E-state index contributed by atoms with van der Waals surface area (Å²) in [5, 5.41) is 3.17. The Bertz CT molecular complexity index is 1370. The monoisotopic (exact) mass is 472 g/mol. The Morgan fingerprint density at radius 1 is 0.794 bits per heavy atom. The molecule has 3 aromatic carbocycles. The minimum atomic E-state index is -3.48. The molecule has 2 heterocycles. The lowest BCUT2D eigenvalue weighted by Crippen LogP contribution is -2.46. The van der Waals surface area contributed by atoms with Crippen LogP contribution in [0.2, 0.25) is 0 Å². The Hall–Kier alpha value is -3.59. The molecule has 1 aliphatic rings. The average Bonchev–Trinajstić information content (AvgIpc) is 3.44. The molecule has 0 spiro atoms. The van der Waals surface area contributed by atoms with Crippen LogP contribution in [0.3, 0.4) is 0 Å². The number of aromatic nitrogens is 2. The third kappa shape index (κ3) is 4.43. The number of hydrogen-bond donors (Lipinski definition) is 1. The molecule has 4 aromatic rings. The van der Waals surface area contributed by atoms with Crippen molar-refractivity contribution in [3.63, 3.8) is 0 Å². The molecule has 0 unspecified atom stereocenters. The summed E-state index contributed by atoms with van der Waals surface area (Å²) in [7, 11) is -3.48. The fourth-order valence-electron chi connectivity index (χ4n) is 4.03. The topological polar surface area (TPSA) is 84.3 Å². The van der Waals surface area contributed by atoms with Gasteiger partial charge in [0.1, 0.15) is 0 Å². The van der Waals surface area contributed by atoms with Crippen LogP contribution in [0.5, 0.6) is 0 Å². The molecule has 0 amide bonds. The number of imidazole rings is 1. The molecule has 0 saturated carbocycles. The third-order valence-corrected chi connectivity index (χ3v) is 7.89. The number of ketones is 1. The van der Waals surface area contributed by atoms with Crippen LogP contribution < -0.4 is 5.32 Å². The molecule has 1 fully saturated rings. The second kappa shape index (κ2) is 9.34. The molecular formula is C26H24N4O3S. The number of benzene rings is 3. The average molecular weight is 473 g/mol. The van der Waals surface area contributed by atoms with Gasteiger partial charge in [0.25, 0.3) is 0 Å². The van der Waals surface area contributed by atoms with Gasteiger partial charge >= 0.3 is 0 Å². The van der Waals surface area contributed by atoms with E-state index in [-0.39, 0.29) is 5.78 Å². The Kier molecular flexibility index (Phi) is 6.10. The number of carbonyl (C=O) groups is 1. The fraction of sp³-hybridized carbons (Fsp3) is 0.154. The van der Waals surface area contributed by atoms with E-state index in [0.29, 0.717) is 42.2 Å². The van der Waals surface area contributed by atoms with Crippen LogP contribution in [0.1, 0.15) is 15.9 Å². The Morgan fingerprint density at radius 2 is 1.35 bits per heavy atom. The van der Waals surface area contributed by atoms with Crippen molar-refractivity contribution in [3.05, 3.63) is 103 Å². The quantitative estimate of drug-likeness (QED) is 0.435. The van der Waals surface area contributed by atoms with E-state index >= 15 is 0 Å². The molecule has 0 atom stereocenters. The maximum Gasteiger partial charge on any atom is 0.243 e. The molecule has 1 aromatic heterocycles. The first-order valence-corrected chi connectivity index (χ1v) is 12.5. The number of rotatable bonds is 6. The molecule has 1 aliphatic heterocycles. The van der Waals surface area contributed by atoms with Gasteiger partial charge in [0.05, 0.1) is 11.2 Å². The SMILES string of the molecule is O=C(c1ccc(-c2ccc(S(=O)(=O)N3CCNCC3)cc2)cc1)c1ccc(-n2ccnc2)cc1. The molecule has 1 saturated heterocycles. The predicted octanol–water partition coefficient (Wildman–Crippen LogP) is 3.36. The number of piperazine rings is 1. The van der Waals surface area contributed by atoms with Crippen LogP contribution in [-0.2, 0) is 10.0 Å². The van der Waals surface area contributed by atoms with Gasteiger partial charge in [0.15, 0.2) is 5.78 Å². The van der Waals surface area contributed by atoms with Crippen molar-refractivity contribution in [3.8, 4) is 16.8 Å². The summed E-state index contributed by atoms with van der Waals surface area (Å²) in [6, 6.07) is 21.7. The van der Waals surface area contributed by atoms with Crippen LogP contribution in [-0.4, -0.2) is 54.2 Å². The summed E-state index contributed by atoms with van der Waals surface area (Å²) in [5.74, 6) is -0.0545. The van der Waals surface area contributed by atoms with Gasteiger partial charge in [-0.1, -0.05) is 36.4 Å². The Labute approximate surface area is 198 Å². The van der Waals surface area contributed by atoms with Gasteiger partial charge in [-0.05, 0) is 47.5 Å². The lowest BCUT2D eigenvalue weighted by atomic mass is 9.99. The van der Waals surface area contributed by atoms with E-state index in [1.54, 1.807) is 48.9 Å². The maximum absolute atomic E-state index is 12.9. The van der Waals surface area contributed by atoms with Crippen LogP contribution in [0, 0.1) is 0 Å². The van der Waals surface area contributed by atoms with Gasteiger partial charge < -0.3 is 9.88 Å². The zero-order chi connectivity index (χ0) is 23.5. The normalized spacial score (nSPS) is 14.7. The standard InChI is InChI=1S/C26H24N4O3S/c31-26(23-5-9-24(10-6-23)29-16-13-28-19-29)22-3-1-20(2-4-22)21-7-11-25(12-8-21)34(32,33)30-17-14-27-15-18-30/h1-13,16,19,27H,14-15,17-18H2. The second-order valence-corrected chi connectivity index (χ2v) is 10.0. The van der Waals surface area contributed by atoms with E-state index in [9.17, 15) is 13.2 Å². The zero-order valence-corrected chi connectivity index (χ0v) is 19.3. The van der Waals surface area contributed by atoms with Gasteiger partial charge in [-0.25, -0.2) is 13.4 Å². The summed E-state index contributed by atoms with van der Waals surface area (Å²) >= 11 is 0. The second-order valence-electron chi connectivity index (χ2n) is 8.10. The first-order valence-electron chi connectivity index (χ1n) is 11.1. The molecule has 1 N–H and O–H groups in total. The molecule has 172 valence electrons. The fourth-order valence-corrected chi connectivity index (χ4v) is 5.47. The highest BCUT2D eigenvalue weighted by Crippen LogP contribution is 2.24. The summed E-state index contributed by atoms with van der Waals surface area (Å²) < 4.78 is 29.1. The summed E-state index contributed by atoms with van der Waals surface area (Å²) in [5.41, 5.74) is 3.95. The van der Waals surface area contributed by atoms with Gasteiger partial charge in [0, 0.05) is 55.4 Å². The van der Waals surface area contributed by atoms with E-state index in [4.69, 9.17) is 0 Å². The highest BCUT2D eigenvalue weighted by atomic mass is 32.2. The van der Waals surface area contributed by atoms with Crippen molar-refractivity contribution >= 4 is 15.8 Å². The number of sulfonamides is 1. The minimum Gasteiger partial charge on any atom is -0.314 e. The highest BCUT2D eigenvalue weighted by Gasteiger charge is 2.25. The highest BCUT2D eigenvalue weighted by molar-refractivity contribution is 7.89. The lowest BCUT2D eigenvalue weighted by Gasteiger charge is -2.26. The van der Waals surface area contributed by atoms with Gasteiger partial charge in [-0.15, -0.1) is 0 Å². The zero-order valence-electron chi connectivity index (χ0n) is 18.5. The smallest absolute Gasteiger partial charge is 0.243 e. The molecular weight excluding hydrogens is 448 g/mol. The molecule has 0 aliphatic carbocycles. The van der Waals surface area contributed by atoms with E-state index in [0.717, 1.165) is 16.8 Å². The molecule has 0 bridgehead atoms. The van der Waals surface area contributed by atoms with Crippen molar-refractivity contribution in [2.24, 2.45) is 0 Å². The van der Waals surface area contributed by atoms with Crippen molar-refractivity contribution in [2.75, 3.05) is 26.2 Å². The van der Waals surface area contributed by atoms with E-state index < -0.39 is 10.0 Å². The number of carbonyl (C=O) groups excluding carboxylic acids is 1. The Morgan fingerprint density at radius 3 is 1.91 bits per heavy atom. The number of nitrogens with zero attached hydrogens (tertiary/aromatic N) is 3. The van der Waals surface area contributed by atoms with Gasteiger partial charge in [0.2, 0.25) is 10.0 Å². The van der Waals surface area contributed by atoms with Crippen LogP contribution >= 0.6 is 0 Å². The molecule has 0 radical (unpaired) electrons. The van der Waals surface area contributed by atoms with E-state index in [1.165, 1.54) is 4.31 Å². The van der Waals surface area contributed by atoms with Gasteiger partial charge in [-0.2, -0.15) is 4.31 Å². The first kappa shape index (κ1) is 22.2. The van der Waals surface area contributed by atoms with E-state index in [2.05, 4.69) is 10.3 Å². The molecule has 5 rings (SSSR count). The van der Waals surface area contributed by atoms with Crippen molar-refractivity contribution in [1.82, 2.24) is 19.2 Å². The number of nitrogens with one attached hydrogen (secondary N) is 1. The van der Waals surface area contributed by atoms with Crippen LogP contribution in [0.25, 0.3) is 16.8 Å². The summed E-state index contributed by atoms with van der Waals surface area (Å²) in [6.45, 7) is 2.28. The maximum atomic E-state index is 12.9. The Balaban J connectivity index is 1.30. The molecule has 8 heteroatoms. The van der Waals surface area contributed by atoms with E-state index in [1.807, 2.05) is 47.2 Å². The molecule has 7 nitrogen and oxygen atoms in total. The van der Waals surface area contributed by atoms with Crippen molar-refractivity contribution in [2.45, 2.75) is 4.90 Å². The third-order valence-electron chi connectivity index (χ3n) is 5.98. The van der Waals surface area contributed by atoms with Crippen molar-refractivity contribution in [1.29, 1.82) is 0 Å². The summed E-state index contributed by atoms with van der Waals surface area (Å²) in [4.78, 5) is 17.2. The van der Waals surface area contributed by atoms with Crippen LogP contribution in [0.15, 0.2) is 96.4 Å². The minimum absolute atomic E-state index is 0.0545. The lowest BCUT2D eigenvalue weighted by molar-refractivity contribution is 0.103. The van der Waals surface area contributed by atoms with Crippen LogP contribution in [0.4, 0.5) is 0 Å². The van der Waals surface area contributed by atoms with Crippen molar-refractivity contribution < 1.29 is 13.2 Å². The molecule has 34 heavy (non-hydrogen) atoms. The van der Waals surface area contributed by atoms with Gasteiger partial charge in [-0.3, -0.25) is 4.79 Å². The summed E-state index contributed by atoms with van der Waals surface area (Å²) in [6.07, 6.45) is 5.27.